The van der Waals surface area contributed by atoms with Crippen LogP contribution in [0.2, 0.25) is 0 Å². The first-order valence-electron chi connectivity index (χ1n) is 8.99. The lowest BCUT2D eigenvalue weighted by atomic mass is 10.1. The van der Waals surface area contributed by atoms with Gasteiger partial charge in [0.2, 0.25) is 11.8 Å². The van der Waals surface area contributed by atoms with Gasteiger partial charge in [0.25, 0.3) is 0 Å². The summed E-state index contributed by atoms with van der Waals surface area (Å²) in [6.07, 6.45) is 5.08. The predicted molar refractivity (Wildman–Crippen MR) is 97.0 cm³/mol. The molecule has 1 fully saturated rings. The lowest BCUT2D eigenvalue weighted by Crippen LogP contribution is -2.48. The summed E-state index contributed by atoms with van der Waals surface area (Å²) in [5.41, 5.74) is 1.24. The van der Waals surface area contributed by atoms with Crippen molar-refractivity contribution in [3.05, 3.63) is 30.3 Å². The SMILES string of the molecule is CNC(=O)CCCCCCC(=O)N1CCN(c2ccccc2)CC1. The fourth-order valence-electron chi connectivity index (χ4n) is 3.05. The van der Waals surface area contributed by atoms with Crippen molar-refractivity contribution in [1.29, 1.82) is 0 Å². The summed E-state index contributed by atoms with van der Waals surface area (Å²) in [6.45, 7) is 3.43. The molecule has 24 heavy (non-hydrogen) atoms. The minimum atomic E-state index is 0.0994. The molecule has 0 radical (unpaired) electrons. The molecule has 0 saturated carbocycles. The van der Waals surface area contributed by atoms with Gasteiger partial charge in [-0.2, -0.15) is 0 Å². The number of nitrogens with one attached hydrogen (secondary N) is 1. The smallest absolute Gasteiger partial charge is 0.222 e. The molecule has 0 bridgehead atoms. The summed E-state index contributed by atoms with van der Waals surface area (Å²) in [6, 6.07) is 10.4. The molecule has 1 heterocycles. The average molecular weight is 331 g/mol. The number of anilines is 1. The van der Waals surface area contributed by atoms with Crippen molar-refractivity contribution in [3.8, 4) is 0 Å². The summed E-state index contributed by atoms with van der Waals surface area (Å²) >= 11 is 0. The second-order valence-electron chi connectivity index (χ2n) is 6.29. The maximum Gasteiger partial charge on any atom is 0.222 e. The van der Waals surface area contributed by atoms with Crippen molar-refractivity contribution in [2.75, 3.05) is 38.1 Å². The quantitative estimate of drug-likeness (QED) is 0.744. The van der Waals surface area contributed by atoms with Crippen molar-refractivity contribution in [1.82, 2.24) is 10.2 Å². The summed E-state index contributed by atoms with van der Waals surface area (Å²) in [7, 11) is 1.67. The fraction of sp³-hybridized carbons (Fsp3) is 0.579. The lowest BCUT2D eigenvalue weighted by molar-refractivity contribution is -0.131. The first-order chi connectivity index (χ1) is 11.7. The zero-order chi connectivity index (χ0) is 17.2. The molecule has 2 rings (SSSR count). The van der Waals surface area contributed by atoms with E-state index in [4.69, 9.17) is 0 Å². The lowest BCUT2D eigenvalue weighted by Gasteiger charge is -2.36. The Morgan fingerprint density at radius 2 is 1.54 bits per heavy atom. The zero-order valence-electron chi connectivity index (χ0n) is 14.7. The molecule has 1 aliphatic rings. The van der Waals surface area contributed by atoms with E-state index in [0.29, 0.717) is 12.8 Å². The Kier molecular flexibility index (Phi) is 7.59. The van der Waals surface area contributed by atoms with Crippen LogP contribution in [0.1, 0.15) is 38.5 Å². The van der Waals surface area contributed by atoms with Crippen LogP contribution in [0, 0.1) is 0 Å². The molecular formula is C19H29N3O2. The first kappa shape index (κ1) is 18.3. The van der Waals surface area contributed by atoms with E-state index < -0.39 is 0 Å². The third-order valence-corrected chi connectivity index (χ3v) is 4.58. The number of piperazine rings is 1. The second kappa shape index (κ2) is 9.96. The van der Waals surface area contributed by atoms with Crippen molar-refractivity contribution in [2.24, 2.45) is 0 Å². The topological polar surface area (TPSA) is 52.7 Å². The van der Waals surface area contributed by atoms with Crippen LogP contribution in [0.15, 0.2) is 30.3 Å². The normalized spacial score (nSPS) is 14.5. The third-order valence-electron chi connectivity index (χ3n) is 4.58. The molecule has 0 atom stereocenters. The number of carbonyl (C=O) groups excluding carboxylic acids is 2. The molecule has 5 nitrogen and oxygen atoms in total. The highest BCUT2D eigenvalue weighted by atomic mass is 16.2. The van der Waals surface area contributed by atoms with E-state index >= 15 is 0 Å². The van der Waals surface area contributed by atoms with Crippen molar-refractivity contribution in [2.45, 2.75) is 38.5 Å². The highest BCUT2D eigenvalue weighted by Crippen LogP contribution is 2.16. The molecule has 1 aromatic rings. The van der Waals surface area contributed by atoms with Crippen LogP contribution in [0.5, 0.6) is 0 Å². The first-order valence-corrected chi connectivity index (χ1v) is 8.99. The molecule has 1 saturated heterocycles. The van der Waals surface area contributed by atoms with Crippen molar-refractivity contribution >= 4 is 17.5 Å². The largest absolute Gasteiger partial charge is 0.368 e. The van der Waals surface area contributed by atoms with E-state index in [1.165, 1.54) is 5.69 Å². The summed E-state index contributed by atoms with van der Waals surface area (Å²) in [5.74, 6) is 0.372. The number of rotatable bonds is 8. The number of carbonyl (C=O) groups is 2. The Balaban J connectivity index is 1.58. The summed E-state index contributed by atoms with van der Waals surface area (Å²) in [5, 5.41) is 2.63. The minimum absolute atomic E-state index is 0.0994. The van der Waals surface area contributed by atoms with Crippen LogP contribution in [-0.4, -0.2) is 49.9 Å². The van der Waals surface area contributed by atoms with E-state index in [2.05, 4.69) is 34.5 Å². The van der Waals surface area contributed by atoms with Gasteiger partial charge in [-0.15, -0.1) is 0 Å². The van der Waals surface area contributed by atoms with E-state index in [1.54, 1.807) is 7.05 Å². The van der Waals surface area contributed by atoms with Gasteiger partial charge in [0.1, 0.15) is 0 Å². The van der Waals surface area contributed by atoms with Gasteiger partial charge >= 0.3 is 0 Å². The number of nitrogens with zero attached hydrogens (tertiary/aromatic N) is 2. The molecule has 0 spiro atoms. The maximum atomic E-state index is 12.3. The van der Waals surface area contributed by atoms with Gasteiger partial charge in [-0.3, -0.25) is 9.59 Å². The standard InChI is InChI=1S/C19H29N3O2/c1-20-18(23)11-7-2-3-8-12-19(24)22-15-13-21(14-16-22)17-9-5-4-6-10-17/h4-6,9-10H,2-3,7-8,11-16H2,1H3,(H,20,23). The highest BCUT2D eigenvalue weighted by Gasteiger charge is 2.20. The Labute approximate surface area is 145 Å². The molecule has 5 heteroatoms. The molecular weight excluding hydrogens is 302 g/mol. The average Bonchev–Trinajstić information content (AvgIpc) is 2.65. The molecule has 1 aromatic carbocycles. The molecule has 132 valence electrons. The number of unbranched alkanes of at least 4 members (excludes halogenated alkanes) is 3. The Morgan fingerprint density at radius 3 is 2.17 bits per heavy atom. The molecule has 0 aromatic heterocycles. The van der Waals surface area contributed by atoms with Gasteiger partial charge in [-0.1, -0.05) is 31.0 Å². The minimum Gasteiger partial charge on any atom is -0.368 e. The number of amides is 2. The van der Waals surface area contributed by atoms with E-state index in [9.17, 15) is 9.59 Å². The number of benzene rings is 1. The predicted octanol–water partition coefficient (Wildman–Crippen LogP) is 2.42. The number of hydrogen-bond donors (Lipinski definition) is 1. The zero-order valence-corrected chi connectivity index (χ0v) is 14.7. The number of hydrogen-bond acceptors (Lipinski definition) is 3. The summed E-state index contributed by atoms with van der Waals surface area (Å²) in [4.78, 5) is 27.7. The fourth-order valence-corrected chi connectivity index (χ4v) is 3.05. The van der Waals surface area contributed by atoms with Crippen molar-refractivity contribution in [3.63, 3.8) is 0 Å². The van der Waals surface area contributed by atoms with Gasteiger partial charge < -0.3 is 15.1 Å². The van der Waals surface area contributed by atoms with E-state index in [0.717, 1.165) is 51.9 Å². The van der Waals surface area contributed by atoms with Gasteiger partial charge in [-0.05, 0) is 25.0 Å². The second-order valence-corrected chi connectivity index (χ2v) is 6.29. The van der Waals surface area contributed by atoms with Gasteiger partial charge in [0.05, 0.1) is 0 Å². The van der Waals surface area contributed by atoms with Gasteiger partial charge in [0.15, 0.2) is 0 Å². The van der Waals surface area contributed by atoms with Crippen LogP contribution < -0.4 is 10.2 Å². The van der Waals surface area contributed by atoms with Crippen LogP contribution in [0.4, 0.5) is 5.69 Å². The Morgan fingerprint density at radius 1 is 0.917 bits per heavy atom. The van der Waals surface area contributed by atoms with Crippen LogP contribution in [0.3, 0.4) is 0 Å². The molecule has 0 aliphatic carbocycles. The van der Waals surface area contributed by atoms with Gasteiger partial charge in [0, 0.05) is 51.8 Å². The van der Waals surface area contributed by atoms with E-state index in [-0.39, 0.29) is 11.8 Å². The summed E-state index contributed by atoms with van der Waals surface area (Å²) < 4.78 is 0. The molecule has 0 unspecified atom stereocenters. The monoisotopic (exact) mass is 331 g/mol. The van der Waals surface area contributed by atoms with E-state index in [1.807, 2.05) is 11.0 Å². The number of para-hydroxylation sites is 1. The molecule has 2 amide bonds. The maximum absolute atomic E-state index is 12.3. The third kappa shape index (κ3) is 5.87. The van der Waals surface area contributed by atoms with Crippen LogP contribution in [-0.2, 0) is 9.59 Å². The van der Waals surface area contributed by atoms with Crippen LogP contribution >= 0.6 is 0 Å². The van der Waals surface area contributed by atoms with Crippen LogP contribution in [0.25, 0.3) is 0 Å². The Hall–Kier alpha value is -2.04. The van der Waals surface area contributed by atoms with Crippen molar-refractivity contribution < 1.29 is 9.59 Å². The molecule has 1 N–H and O–H groups in total. The van der Waals surface area contributed by atoms with Gasteiger partial charge in [-0.25, -0.2) is 0 Å². The Bertz CT molecular complexity index is 511. The highest BCUT2D eigenvalue weighted by molar-refractivity contribution is 5.76. The molecule has 1 aliphatic heterocycles.